The number of nitrogens with one attached hydrogen (secondary N) is 1. The van der Waals surface area contributed by atoms with E-state index in [1.807, 2.05) is 0 Å². The molecule has 2 heterocycles. The van der Waals surface area contributed by atoms with Crippen LogP contribution in [0.5, 0.6) is 5.75 Å². The molecule has 32 heavy (non-hydrogen) atoms. The van der Waals surface area contributed by atoms with E-state index in [0.29, 0.717) is 26.4 Å². The number of alkyl halides is 3. The second-order valence-electron chi connectivity index (χ2n) is 6.52. The van der Waals surface area contributed by atoms with Crippen molar-refractivity contribution in [3.05, 3.63) is 69.2 Å². The fraction of sp³-hybridized carbons (Fsp3) is 0.100. The lowest BCUT2D eigenvalue weighted by atomic mass is 10.1. The molecule has 1 N–H and O–H groups in total. The van der Waals surface area contributed by atoms with Crippen molar-refractivity contribution in [2.24, 2.45) is 10.1 Å². The van der Waals surface area contributed by atoms with E-state index in [1.165, 1.54) is 6.08 Å². The molecule has 0 saturated heterocycles. The Morgan fingerprint density at radius 3 is 2.69 bits per heavy atom. The van der Waals surface area contributed by atoms with Crippen molar-refractivity contribution in [2.45, 2.75) is 12.8 Å². The molecule has 0 fully saturated rings. The number of hydrogen-bond donors (Lipinski definition) is 1. The molecule has 2 aromatic carbocycles. The van der Waals surface area contributed by atoms with E-state index in [9.17, 15) is 18.0 Å². The highest BCUT2D eigenvalue weighted by Crippen LogP contribution is 2.35. The maximum atomic E-state index is 12.9. The molecule has 1 amide bonds. The van der Waals surface area contributed by atoms with Crippen molar-refractivity contribution in [1.82, 2.24) is 5.01 Å². The predicted molar refractivity (Wildman–Crippen MR) is 118 cm³/mol. The van der Waals surface area contributed by atoms with Gasteiger partial charge >= 0.3 is 6.18 Å². The van der Waals surface area contributed by atoms with Crippen LogP contribution in [-0.4, -0.2) is 33.1 Å². The minimum absolute atomic E-state index is 0.165. The number of nitrogens with zero attached hydrogens (tertiary/aromatic N) is 3. The number of amidine groups is 2. The molecular weight excluding hydrogens is 488 g/mol. The van der Waals surface area contributed by atoms with Crippen LogP contribution in [0.3, 0.4) is 0 Å². The average Bonchev–Trinajstić information content (AvgIpc) is 3.15. The van der Waals surface area contributed by atoms with Crippen LogP contribution in [0.1, 0.15) is 11.1 Å². The summed E-state index contributed by atoms with van der Waals surface area (Å²) in [6, 6.07) is 11.6. The Bertz CT molecular complexity index is 1230. The number of fused-ring (bicyclic) bond motifs is 1. The van der Waals surface area contributed by atoms with Gasteiger partial charge in [0.1, 0.15) is 12.4 Å². The highest BCUT2D eigenvalue weighted by molar-refractivity contribution is 8.27. The Labute approximate surface area is 193 Å². The lowest BCUT2D eigenvalue weighted by molar-refractivity contribution is -0.114. The summed E-state index contributed by atoms with van der Waals surface area (Å²) in [4.78, 5) is 16.0. The van der Waals surface area contributed by atoms with E-state index in [-0.39, 0.29) is 29.1 Å². The minimum Gasteiger partial charge on any atom is -0.489 e. The molecule has 0 spiro atoms. The SMILES string of the molecule is N=C1/C(=C/c2cccc(OCc3ccc(Cl)cc3Cl)c2)C(=O)N=C2SC(C(F)(F)F)=NN12. The van der Waals surface area contributed by atoms with Gasteiger partial charge in [-0.1, -0.05) is 41.4 Å². The van der Waals surface area contributed by atoms with Crippen molar-refractivity contribution in [1.29, 1.82) is 5.41 Å². The summed E-state index contributed by atoms with van der Waals surface area (Å²) < 4.78 is 44.5. The molecule has 0 aliphatic carbocycles. The second kappa shape index (κ2) is 8.61. The summed E-state index contributed by atoms with van der Waals surface area (Å²) in [5, 5.41) is 11.7. The number of hydrogen-bond acceptors (Lipinski definition) is 5. The van der Waals surface area contributed by atoms with Crippen molar-refractivity contribution >= 4 is 63.0 Å². The fourth-order valence-electron chi connectivity index (χ4n) is 2.77. The van der Waals surface area contributed by atoms with E-state index >= 15 is 0 Å². The van der Waals surface area contributed by atoms with Gasteiger partial charge in [-0.3, -0.25) is 10.2 Å². The molecule has 12 heteroatoms. The molecular formula is C20H11Cl2F3N4O2S. The van der Waals surface area contributed by atoms with E-state index in [2.05, 4.69) is 10.1 Å². The summed E-state index contributed by atoms with van der Waals surface area (Å²) in [7, 11) is 0. The maximum Gasteiger partial charge on any atom is 0.441 e. The maximum absolute atomic E-state index is 12.9. The molecule has 0 saturated carbocycles. The lowest BCUT2D eigenvalue weighted by Crippen LogP contribution is -2.35. The summed E-state index contributed by atoms with van der Waals surface area (Å²) in [6.07, 6.45) is -3.35. The van der Waals surface area contributed by atoms with Crippen LogP contribution in [0.2, 0.25) is 10.0 Å². The van der Waals surface area contributed by atoms with Crippen LogP contribution >= 0.6 is 35.0 Å². The van der Waals surface area contributed by atoms with E-state index < -0.39 is 23.0 Å². The van der Waals surface area contributed by atoms with Gasteiger partial charge in [0.15, 0.2) is 5.84 Å². The Morgan fingerprint density at radius 2 is 1.97 bits per heavy atom. The van der Waals surface area contributed by atoms with Gasteiger partial charge in [0.25, 0.3) is 5.91 Å². The first-order valence-electron chi connectivity index (χ1n) is 8.86. The largest absolute Gasteiger partial charge is 0.489 e. The summed E-state index contributed by atoms with van der Waals surface area (Å²) in [6.45, 7) is 0.165. The first kappa shape index (κ1) is 22.4. The highest BCUT2D eigenvalue weighted by Gasteiger charge is 2.46. The standard InChI is InChI=1S/C20H11Cl2F3N4O2S/c21-12-5-4-11(15(22)8-12)9-31-13-3-1-2-10(6-13)7-14-16(26)29-19(27-17(14)30)32-18(28-29)20(23,24)25/h1-8,26H,9H2/b14-7-,26-16?. The summed E-state index contributed by atoms with van der Waals surface area (Å²) in [5.74, 6) is -0.865. The molecule has 0 aromatic heterocycles. The van der Waals surface area contributed by atoms with Gasteiger partial charge in [-0.15, -0.1) is 0 Å². The van der Waals surface area contributed by atoms with Gasteiger partial charge in [-0.05, 0) is 47.7 Å². The first-order chi connectivity index (χ1) is 15.1. The van der Waals surface area contributed by atoms with Crippen LogP contribution in [0.4, 0.5) is 13.2 Å². The van der Waals surface area contributed by atoms with Crippen molar-refractivity contribution in [2.75, 3.05) is 0 Å². The number of amides is 1. The smallest absolute Gasteiger partial charge is 0.441 e. The first-order valence-corrected chi connectivity index (χ1v) is 10.4. The Balaban J connectivity index is 1.55. The van der Waals surface area contributed by atoms with Crippen molar-refractivity contribution in [3.8, 4) is 5.75 Å². The minimum atomic E-state index is -4.70. The van der Waals surface area contributed by atoms with Gasteiger partial charge in [0.05, 0.1) is 5.57 Å². The molecule has 0 unspecified atom stereocenters. The molecule has 2 aliphatic heterocycles. The number of halogens is 5. The molecule has 6 nitrogen and oxygen atoms in total. The Kier molecular flexibility index (Phi) is 6.02. The topological polar surface area (TPSA) is 78.1 Å². The summed E-state index contributed by atoms with van der Waals surface area (Å²) >= 11 is 12.2. The van der Waals surface area contributed by atoms with Crippen LogP contribution in [0.15, 0.2) is 58.1 Å². The number of aliphatic imine (C=N–C) groups is 1. The van der Waals surface area contributed by atoms with E-state index in [1.54, 1.807) is 42.5 Å². The third-order valence-electron chi connectivity index (χ3n) is 4.28. The second-order valence-corrected chi connectivity index (χ2v) is 8.32. The number of ether oxygens (including phenoxy) is 1. The molecule has 2 aromatic rings. The van der Waals surface area contributed by atoms with Crippen molar-refractivity contribution in [3.63, 3.8) is 0 Å². The molecule has 2 aliphatic rings. The zero-order chi connectivity index (χ0) is 23.0. The predicted octanol–water partition coefficient (Wildman–Crippen LogP) is 5.75. The lowest BCUT2D eigenvalue weighted by Gasteiger charge is -2.20. The zero-order valence-corrected chi connectivity index (χ0v) is 18.1. The van der Waals surface area contributed by atoms with Crippen LogP contribution in [-0.2, 0) is 11.4 Å². The number of carbonyl (C=O) groups is 1. The molecule has 0 bridgehead atoms. The van der Waals surface area contributed by atoms with Crippen LogP contribution in [0.25, 0.3) is 6.08 Å². The third-order valence-corrected chi connectivity index (χ3v) is 5.82. The van der Waals surface area contributed by atoms with Gasteiger partial charge < -0.3 is 4.74 Å². The Hall–Kier alpha value is -2.82. The van der Waals surface area contributed by atoms with E-state index in [0.717, 1.165) is 5.56 Å². The van der Waals surface area contributed by atoms with E-state index in [4.69, 9.17) is 33.3 Å². The Morgan fingerprint density at radius 1 is 1.19 bits per heavy atom. The number of thioether (sulfide) groups is 1. The van der Waals surface area contributed by atoms with Gasteiger partial charge in [0.2, 0.25) is 10.2 Å². The normalized spacial score (nSPS) is 17.4. The van der Waals surface area contributed by atoms with Crippen LogP contribution in [0, 0.1) is 5.41 Å². The van der Waals surface area contributed by atoms with Gasteiger partial charge in [-0.25, -0.2) is 0 Å². The molecule has 4 rings (SSSR count). The van der Waals surface area contributed by atoms with Gasteiger partial charge in [0, 0.05) is 15.6 Å². The zero-order valence-electron chi connectivity index (χ0n) is 15.8. The van der Waals surface area contributed by atoms with Crippen molar-refractivity contribution < 1.29 is 22.7 Å². The fourth-order valence-corrected chi connectivity index (χ4v) is 3.99. The molecule has 164 valence electrons. The number of carbonyl (C=O) groups excluding carboxylic acids is 1. The third kappa shape index (κ3) is 4.67. The van der Waals surface area contributed by atoms with Crippen LogP contribution < -0.4 is 4.74 Å². The quantitative estimate of drug-likeness (QED) is 0.544. The average molecular weight is 499 g/mol. The number of benzene rings is 2. The number of hydrazone groups is 1. The monoisotopic (exact) mass is 498 g/mol. The molecule has 0 atom stereocenters. The highest BCUT2D eigenvalue weighted by atomic mass is 35.5. The summed E-state index contributed by atoms with van der Waals surface area (Å²) in [5.41, 5.74) is 1.01. The number of rotatable bonds is 4. The molecule has 0 radical (unpaired) electrons. The van der Waals surface area contributed by atoms with Gasteiger partial charge in [-0.2, -0.15) is 28.3 Å².